The van der Waals surface area contributed by atoms with Crippen LogP contribution in [-0.4, -0.2) is 40.7 Å². The molecule has 0 saturated carbocycles. The fraction of sp³-hybridized carbons (Fsp3) is 0.500. The Morgan fingerprint density at radius 2 is 2.05 bits per heavy atom. The van der Waals surface area contributed by atoms with Gasteiger partial charge in [0.05, 0.1) is 24.1 Å². The molecule has 21 heavy (non-hydrogen) atoms. The Kier molecular flexibility index (Phi) is 4.02. The number of nitrogens with zero attached hydrogens (tertiary/aromatic N) is 2. The molecule has 1 saturated heterocycles. The van der Waals surface area contributed by atoms with Gasteiger partial charge < -0.3 is 14.4 Å². The molecule has 1 aromatic rings. The number of rotatable bonds is 3. The monoisotopic (exact) mass is 294 g/mol. The predicted molar refractivity (Wildman–Crippen MR) is 75.3 cm³/mol. The van der Waals surface area contributed by atoms with Crippen LogP contribution in [0.3, 0.4) is 0 Å². The van der Waals surface area contributed by atoms with E-state index in [0.29, 0.717) is 18.8 Å². The molecule has 7 heteroatoms. The zero-order valence-electron chi connectivity index (χ0n) is 12.2. The largest absolute Gasteiger partial charge is 0.486 e. The minimum absolute atomic E-state index is 0.0178. The van der Waals surface area contributed by atoms with E-state index in [-0.39, 0.29) is 17.9 Å². The summed E-state index contributed by atoms with van der Waals surface area (Å²) in [5, 5.41) is 10.7. The molecule has 1 fully saturated rings. The molecule has 114 valence electrons. The summed E-state index contributed by atoms with van der Waals surface area (Å²) in [7, 11) is 0. The number of benzene rings is 1. The Bertz CT molecular complexity index is 547. The maximum absolute atomic E-state index is 11.7. The second-order valence-corrected chi connectivity index (χ2v) is 5.88. The summed E-state index contributed by atoms with van der Waals surface area (Å²) >= 11 is 0. The number of hydrogen-bond donors (Lipinski definition) is 0. The SMILES string of the molecule is CC(C)(C)OC(=O)N1CC(Oc2cccc([N+](=O)[O-])c2)C1. The van der Waals surface area contributed by atoms with Gasteiger partial charge in [-0.05, 0) is 26.8 Å². The van der Waals surface area contributed by atoms with Crippen LogP contribution in [0.4, 0.5) is 10.5 Å². The fourth-order valence-electron chi connectivity index (χ4n) is 1.85. The molecule has 7 nitrogen and oxygen atoms in total. The number of carbonyl (C=O) groups excluding carboxylic acids is 1. The number of non-ortho nitro benzene ring substituents is 1. The molecule has 0 atom stereocenters. The average molecular weight is 294 g/mol. The van der Waals surface area contributed by atoms with Crippen molar-refractivity contribution in [2.45, 2.75) is 32.5 Å². The number of nitro groups is 1. The standard InChI is InChI=1S/C14H18N2O5/c1-14(2,3)21-13(17)15-8-12(9-15)20-11-6-4-5-10(7-11)16(18)19/h4-7,12H,8-9H2,1-3H3. The van der Waals surface area contributed by atoms with E-state index in [1.807, 2.05) is 20.8 Å². The lowest BCUT2D eigenvalue weighted by molar-refractivity contribution is -0.385. The molecule has 0 aliphatic carbocycles. The van der Waals surface area contributed by atoms with Crippen molar-refractivity contribution >= 4 is 11.8 Å². The molecular formula is C14H18N2O5. The third-order valence-electron chi connectivity index (χ3n) is 2.83. The van der Waals surface area contributed by atoms with Crippen LogP contribution in [-0.2, 0) is 4.74 Å². The number of carbonyl (C=O) groups is 1. The van der Waals surface area contributed by atoms with Gasteiger partial charge in [-0.1, -0.05) is 6.07 Å². The van der Waals surface area contributed by atoms with E-state index < -0.39 is 10.5 Å². The molecule has 0 bridgehead atoms. The summed E-state index contributed by atoms with van der Waals surface area (Å²) in [6.07, 6.45) is -0.541. The minimum atomic E-state index is -0.525. The highest BCUT2D eigenvalue weighted by atomic mass is 16.6. The van der Waals surface area contributed by atoms with Crippen LogP contribution in [0.1, 0.15) is 20.8 Å². The van der Waals surface area contributed by atoms with Crippen molar-refractivity contribution < 1.29 is 19.2 Å². The van der Waals surface area contributed by atoms with E-state index in [1.54, 1.807) is 12.1 Å². The molecule has 1 aliphatic heterocycles. The molecule has 1 heterocycles. The van der Waals surface area contributed by atoms with Gasteiger partial charge in [0, 0.05) is 6.07 Å². The van der Waals surface area contributed by atoms with E-state index in [2.05, 4.69) is 0 Å². The van der Waals surface area contributed by atoms with Gasteiger partial charge in [0.25, 0.3) is 5.69 Å². The number of amides is 1. The van der Waals surface area contributed by atoms with E-state index in [0.717, 1.165) is 0 Å². The first-order valence-electron chi connectivity index (χ1n) is 6.63. The molecular weight excluding hydrogens is 276 g/mol. The van der Waals surface area contributed by atoms with Crippen molar-refractivity contribution in [3.8, 4) is 5.75 Å². The summed E-state index contributed by atoms with van der Waals surface area (Å²) in [6.45, 7) is 6.25. The highest BCUT2D eigenvalue weighted by Gasteiger charge is 2.35. The number of ether oxygens (including phenoxy) is 2. The van der Waals surface area contributed by atoms with Crippen molar-refractivity contribution in [3.05, 3.63) is 34.4 Å². The van der Waals surface area contributed by atoms with Gasteiger partial charge >= 0.3 is 6.09 Å². The number of nitro benzene ring substituents is 1. The third kappa shape index (κ3) is 4.08. The second-order valence-electron chi connectivity index (χ2n) is 5.88. The Hall–Kier alpha value is -2.31. The molecule has 1 aliphatic rings. The van der Waals surface area contributed by atoms with E-state index in [1.165, 1.54) is 17.0 Å². The van der Waals surface area contributed by atoms with Gasteiger partial charge in [-0.3, -0.25) is 10.1 Å². The van der Waals surface area contributed by atoms with E-state index in [4.69, 9.17) is 9.47 Å². The molecule has 1 amide bonds. The maximum atomic E-state index is 11.7. The van der Waals surface area contributed by atoms with Gasteiger partial charge in [-0.25, -0.2) is 4.79 Å². The molecule has 0 unspecified atom stereocenters. The highest BCUT2D eigenvalue weighted by molar-refractivity contribution is 5.69. The van der Waals surface area contributed by atoms with Crippen molar-refractivity contribution in [1.29, 1.82) is 0 Å². The number of hydrogen-bond acceptors (Lipinski definition) is 5. The lowest BCUT2D eigenvalue weighted by Crippen LogP contribution is -2.57. The van der Waals surface area contributed by atoms with E-state index >= 15 is 0 Å². The van der Waals surface area contributed by atoms with Gasteiger partial charge in [-0.2, -0.15) is 0 Å². The lowest BCUT2D eigenvalue weighted by atomic mass is 10.1. The number of likely N-dealkylation sites (tertiary alicyclic amines) is 1. The summed E-state index contributed by atoms with van der Waals surface area (Å²) < 4.78 is 10.8. The van der Waals surface area contributed by atoms with Gasteiger partial charge in [-0.15, -0.1) is 0 Å². The van der Waals surface area contributed by atoms with Gasteiger partial charge in [0.15, 0.2) is 0 Å². The molecule has 1 aromatic carbocycles. The lowest BCUT2D eigenvalue weighted by Gasteiger charge is -2.39. The van der Waals surface area contributed by atoms with Crippen molar-refractivity contribution in [3.63, 3.8) is 0 Å². The van der Waals surface area contributed by atoms with Crippen LogP contribution in [0.25, 0.3) is 0 Å². The maximum Gasteiger partial charge on any atom is 0.410 e. The molecule has 0 N–H and O–H groups in total. The van der Waals surface area contributed by atoms with E-state index in [9.17, 15) is 14.9 Å². The van der Waals surface area contributed by atoms with Gasteiger partial charge in [0.2, 0.25) is 0 Å². The molecule has 2 rings (SSSR count). The molecule has 0 spiro atoms. The van der Waals surface area contributed by atoms with Crippen molar-refractivity contribution in [2.75, 3.05) is 13.1 Å². The summed E-state index contributed by atoms with van der Waals surface area (Å²) in [5.41, 5.74) is -0.542. The van der Waals surface area contributed by atoms with Crippen molar-refractivity contribution in [2.24, 2.45) is 0 Å². The normalized spacial score (nSPS) is 15.3. The quantitative estimate of drug-likeness (QED) is 0.632. The molecule has 0 aromatic heterocycles. The van der Waals surface area contributed by atoms with Crippen molar-refractivity contribution in [1.82, 2.24) is 4.90 Å². The Labute approximate surface area is 122 Å². The first-order chi connectivity index (χ1) is 9.74. The topological polar surface area (TPSA) is 81.9 Å². The predicted octanol–water partition coefficient (Wildman–Crippen LogP) is 2.59. The fourth-order valence-corrected chi connectivity index (χ4v) is 1.85. The highest BCUT2D eigenvalue weighted by Crippen LogP contribution is 2.23. The van der Waals surface area contributed by atoms with Crippen LogP contribution < -0.4 is 4.74 Å². The Morgan fingerprint density at radius 1 is 1.38 bits per heavy atom. The zero-order valence-corrected chi connectivity index (χ0v) is 12.2. The van der Waals surface area contributed by atoms with Crippen LogP contribution in [0.5, 0.6) is 5.75 Å². The minimum Gasteiger partial charge on any atom is -0.486 e. The average Bonchev–Trinajstić information content (AvgIpc) is 2.31. The summed E-state index contributed by atoms with van der Waals surface area (Å²) in [5.74, 6) is 0.429. The smallest absolute Gasteiger partial charge is 0.410 e. The third-order valence-corrected chi connectivity index (χ3v) is 2.83. The first-order valence-corrected chi connectivity index (χ1v) is 6.63. The Balaban J connectivity index is 1.84. The zero-order chi connectivity index (χ0) is 15.6. The Morgan fingerprint density at radius 3 is 2.62 bits per heavy atom. The van der Waals surface area contributed by atoms with Crippen LogP contribution in [0, 0.1) is 10.1 Å². The van der Waals surface area contributed by atoms with Crippen LogP contribution >= 0.6 is 0 Å². The second kappa shape index (κ2) is 5.59. The van der Waals surface area contributed by atoms with Gasteiger partial charge in [0.1, 0.15) is 17.5 Å². The van der Waals surface area contributed by atoms with Crippen LogP contribution in [0.2, 0.25) is 0 Å². The van der Waals surface area contributed by atoms with Crippen LogP contribution in [0.15, 0.2) is 24.3 Å². The molecule has 0 radical (unpaired) electrons. The summed E-state index contributed by atoms with van der Waals surface area (Å²) in [4.78, 5) is 23.5. The first kappa shape index (κ1) is 15.1. The summed E-state index contributed by atoms with van der Waals surface area (Å²) in [6, 6.07) is 6.00.